The number of hydrogen-bond acceptors (Lipinski definition) is 2. The van der Waals surface area contributed by atoms with Gasteiger partial charge in [-0.3, -0.25) is 0 Å². The van der Waals surface area contributed by atoms with Crippen molar-refractivity contribution in [2.75, 3.05) is 0 Å². The Morgan fingerprint density at radius 2 is 1.77 bits per heavy atom. The molecule has 2 rings (SSSR count). The Bertz CT molecular complexity index is 733. The van der Waals surface area contributed by atoms with Crippen molar-refractivity contribution in [1.82, 2.24) is 0 Å². The maximum atomic E-state index is 9.52. The smallest absolute Gasteiger partial charge is 0.0672 e. The quantitative estimate of drug-likeness (QED) is 0.249. The number of terminal acetylenes is 1. The summed E-state index contributed by atoms with van der Waals surface area (Å²) in [5.41, 5.74) is 3.61. The van der Waals surface area contributed by atoms with Gasteiger partial charge in [-0.25, -0.2) is 0 Å². The first-order valence-corrected chi connectivity index (χ1v) is 12.1. The zero-order chi connectivity index (χ0) is 22.5. The molecular weight excluding hydrogens is 364 g/mol. The van der Waals surface area contributed by atoms with E-state index in [4.69, 9.17) is 6.42 Å². The molecule has 1 saturated carbocycles. The van der Waals surface area contributed by atoms with Crippen LogP contribution in [-0.2, 0) is 0 Å². The third kappa shape index (κ3) is 5.50. The first-order chi connectivity index (χ1) is 14.1. The lowest BCUT2D eigenvalue weighted by Crippen LogP contribution is -2.37. The minimum absolute atomic E-state index is 0.119. The Labute approximate surface area is 186 Å². The molecule has 164 valence electrons. The second-order valence-electron chi connectivity index (χ2n) is 11.2. The van der Waals surface area contributed by atoms with Gasteiger partial charge in [-0.2, -0.15) is 10.5 Å². The molecule has 0 aromatic carbocycles. The first-order valence-electron chi connectivity index (χ1n) is 12.1. The topological polar surface area (TPSA) is 47.6 Å². The van der Waals surface area contributed by atoms with E-state index in [9.17, 15) is 10.5 Å². The van der Waals surface area contributed by atoms with E-state index in [2.05, 4.69) is 59.6 Å². The number of allylic oxidation sites excluding steroid dienone is 2. The van der Waals surface area contributed by atoms with Crippen LogP contribution in [0.15, 0.2) is 11.1 Å². The molecule has 0 aromatic rings. The maximum absolute atomic E-state index is 9.52. The molecule has 1 fully saturated rings. The van der Waals surface area contributed by atoms with Crippen molar-refractivity contribution in [3.63, 3.8) is 0 Å². The standard InChI is InChI=1S/C28H42N2/c1-8-24-21(4)26(18-30)23(17-29)16-22(24)12-10-9-11-13-27(28(5,6)7)25-15-14-19(2)20(25)3/h1,21-27H,9-16H2,2-7H3. The summed E-state index contributed by atoms with van der Waals surface area (Å²) in [5.74, 6) is 4.75. The molecule has 2 aliphatic rings. The molecular formula is C28H42N2. The molecule has 0 bridgehead atoms. The van der Waals surface area contributed by atoms with Crippen LogP contribution >= 0.6 is 0 Å². The molecule has 0 saturated heterocycles. The first kappa shape index (κ1) is 24.5. The van der Waals surface area contributed by atoms with Crippen LogP contribution in [0.5, 0.6) is 0 Å². The third-order valence-corrected chi connectivity index (χ3v) is 8.39. The van der Waals surface area contributed by atoms with E-state index in [0.717, 1.165) is 24.7 Å². The highest BCUT2D eigenvalue weighted by molar-refractivity contribution is 5.20. The summed E-state index contributed by atoms with van der Waals surface area (Å²) < 4.78 is 0. The number of rotatable bonds is 7. The van der Waals surface area contributed by atoms with Gasteiger partial charge in [0, 0.05) is 5.92 Å². The second-order valence-corrected chi connectivity index (χ2v) is 11.2. The molecule has 2 heteroatoms. The van der Waals surface area contributed by atoms with Crippen molar-refractivity contribution in [2.24, 2.45) is 46.8 Å². The van der Waals surface area contributed by atoms with Gasteiger partial charge in [0.2, 0.25) is 0 Å². The van der Waals surface area contributed by atoms with Crippen molar-refractivity contribution in [2.45, 2.75) is 92.9 Å². The number of nitrogens with zero attached hydrogens (tertiary/aromatic N) is 2. The summed E-state index contributed by atoms with van der Waals surface area (Å²) in [6.45, 7) is 14.0. The van der Waals surface area contributed by atoms with E-state index in [0.29, 0.717) is 11.3 Å². The monoisotopic (exact) mass is 406 g/mol. The maximum Gasteiger partial charge on any atom is 0.0672 e. The summed E-state index contributed by atoms with van der Waals surface area (Å²) in [6, 6.07) is 4.74. The predicted octanol–water partition coefficient (Wildman–Crippen LogP) is 7.53. The zero-order valence-corrected chi connectivity index (χ0v) is 20.2. The van der Waals surface area contributed by atoms with Crippen LogP contribution in [0.25, 0.3) is 0 Å². The van der Waals surface area contributed by atoms with Gasteiger partial charge in [-0.05, 0) is 75.0 Å². The van der Waals surface area contributed by atoms with Crippen LogP contribution in [0.1, 0.15) is 92.9 Å². The second kappa shape index (κ2) is 10.5. The SMILES string of the molecule is C#CC1C(CCCCCC(C2CCC(C)=C2C)C(C)(C)C)CC(C#N)C(C#N)C1C. The van der Waals surface area contributed by atoms with Crippen LogP contribution in [0.4, 0.5) is 0 Å². The molecule has 0 aliphatic heterocycles. The Morgan fingerprint density at radius 3 is 2.27 bits per heavy atom. The van der Waals surface area contributed by atoms with Gasteiger partial charge in [0.1, 0.15) is 0 Å². The molecule has 2 aliphatic carbocycles. The zero-order valence-electron chi connectivity index (χ0n) is 20.2. The Balaban J connectivity index is 1.88. The molecule has 0 aromatic heterocycles. The highest BCUT2D eigenvalue weighted by atomic mass is 14.5. The summed E-state index contributed by atoms with van der Waals surface area (Å²) in [4.78, 5) is 0. The van der Waals surface area contributed by atoms with E-state index in [1.807, 2.05) is 0 Å². The van der Waals surface area contributed by atoms with Crippen molar-refractivity contribution < 1.29 is 0 Å². The van der Waals surface area contributed by atoms with Crippen LogP contribution in [0.2, 0.25) is 0 Å². The van der Waals surface area contributed by atoms with Crippen LogP contribution in [0.3, 0.4) is 0 Å². The van der Waals surface area contributed by atoms with Gasteiger partial charge in [0.05, 0.1) is 24.0 Å². The average Bonchev–Trinajstić information content (AvgIpc) is 3.01. The minimum atomic E-state index is -0.217. The van der Waals surface area contributed by atoms with Crippen molar-refractivity contribution in [1.29, 1.82) is 10.5 Å². The summed E-state index contributed by atoms with van der Waals surface area (Å²) >= 11 is 0. The average molecular weight is 407 g/mol. The molecule has 7 unspecified atom stereocenters. The highest BCUT2D eigenvalue weighted by Crippen LogP contribution is 2.47. The number of hydrogen-bond donors (Lipinski definition) is 0. The normalized spacial score (nSPS) is 32.9. The van der Waals surface area contributed by atoms with Gasteiger partial charge in [-0.1, -0.05) is 58.1 Å². The molecule has 30 heavy (non-hydrogen) atoms. The Hall–Kier alpha value is -1.72. The van der Waals surface area contributed by atoms with Crippen molar-refractivity contribution in [3.05, 3.63) is 11.1 Å². The highest BCUT2D eigenvalue weighted by Gasteiger charge is 2.42. The molecule has 0 N–H and O–H groups in total. The third-order valence-electron chi connectivity index (χ3n) is 8.39. The summed E-state index contributed by atoms with van der Waals surface area (Å²) in [5, 5.41) is 19.0. The molecule has 0 amide bonds. The predicted molar refractivity (Wildman–Crippen MR) is 125 cm³/mol. The lowest BCUT2D eigenvalue weighted by atomic mass is 9.62. The van der Waals surface area contributed by atoms with E-state index >= 15 is 0 Å². The van der Waals surface area contributed by atoms with Crippen molar-refractivity contribution >= 4 is 0 Å². The van der Waals surface area contributed by atoms with E-state index in [-0.39, 0.29) is 23.7 Å². The largest absolute Gasteiger partial charge is 0.198 e. The van der Waals surface area contributed by atoms with Gasteiger partial charge in [-0.15, -0.1) is 12.3 Å². The van der Waals surface area contributed by atoms with E-state index < -0.39 is 0 Å². The lowest BCUT2D eigenvalue weighted by molar-refractivity contribution is 0.128. The fourth-order valence-corrected chi connectivity index (χ4v) is 6.35. The van der Waals surface area contributed by atoms with E-state index in [1.165, 1.54) is 38.5 Å². The van der Waals surface area contributed by atoms with Crippen molar-refractivity contribution in [3.8, 4) is 24.5 Å². The number of unbranched alkanes of at least 4 members (excludes halogenated alkanes) is 2. The summed E-state index contributed by atoms with van der Waals surface area (Å²) in [6.07, 6.45) is 15.3. The fourth-order valence-electron chi connectivity index (χ4n) is 6.35. The molecule has 7 atom stereocenters. The lowest BCUT2D eigenvalue weighted by Gasteiger charge is -2.39. The van der Waals surface area contributed by atoms with Crippen LogP contribution in [-0.4, -0.2) is 0 Å². The van der Waals surface area contributed by atoms with Gasteiger partial charge in [0.15, 0.2) is 0 Å². The van der Waals surface area contributed by atoms with E-state index in [1.54, 1.807) is 11.1 Å². The van der Waals surface area contributed by atoms with Gasteiger partial charge in [0.25, 0.3) is 0 Å². The van der Waals surface area contributed by atoms with Gasteiger partial charge < -0.3 is 0 Å². The molecule has 0 spiro atoms. The van der Waals surface area contributed by atoms with Gasteiger partial charge >= 0.3 is 0 Å². The Morgan fingerprint density at radius 1 is 1.07 bits per heavy atom. The van der Waals surface area contributed by atoms with Crippen LogP contribution in [0, 0.1) is 81.8 Å². The number of nitriles is 2. The minimum Gasteiger partial charge on any atom is -0.198 e. The fraction of sp³-hybridized carbons (Fsp3) is 0.786. The molecule has 0 radical (unpaired) electrons. The van der Waals surface area contributed by atoms with Crippen LogP contribution < -0.4 is 0 Å². The Kier molecular flexibility index (Phi) is 8.62. The molecule has 2 nitrogen and oxygen atoms in total. The summed E-state index contributed by atoms with van der Waals surface area (Å²) in [7, 11) is 0. The molecule has 0 heterocycles.